The molecule has 0 aliphatic rings. The topological polar surface area (TPSA) is 26.3 Å². The van der Waals surface area contributed by atoms with Gasteiger partial charge in [0.1, 0.15) is 0 Å². The number of carbonyl (C=O) groups excluding carboxylic acids is 1. The third-order valence-corrected chi connectivity index (χ3v) is 3.25. The van der Waals surface area contributed by atoms with Crippen LogP contribution in [-0.2, 0) is 9.53 Å². The van der Waals surface area contributed by atoms with Gasteiger partial charge < -0.3 is 4.74 Å². The summed E-state index contributed by atoms with van der Waals surface area (Å²) in [4.78, 5) is 10.5. The molecule has 0 radical (unpaired) electrons. The van der Waals surface area contributed by atoms with Crippen LogP contribution in [0.5, 0.6) is 0 Å². The summed E-state index contributed by atoms with van der Waals surface area (Å²) in [5, 5.41) is 0. The van der Waals surface area contributed by atoms with Crippen molar-refractivity contribution in [3.8, 4) is 0 Å². The van der Waals surface area contributed by atoms with Crippen LogP contribution in [0.3, 0.4) is 0 Å². The second-order valence-corrected chi connectivity index (χ2v) is 5.28. The predicted octanol–water partition coefficient (Wildman–Crippen LogP) is 5.83. The summed E-state index contributed by atoms with van der Waals surface area (Å²) in [6.07, 6.45) is -27.3. The van der Waals surface area contributed by atoms with E-state index < -0.39 is 60.7 Å². The van der Waals surface area contributed by atoms with Gasteiger partial charge in [0.2, 0.25) is 0 Å². The van der Waals surface area contributed by atoms with Crippen LogP contribution in [0.4, 0.5) is 65.9 Å². The molecule has 17 heteroatoms. The number of alkyl halides is 15. The molecule has 0 bridgehead atoms. The van der Waals surface area contributed by atoms with Crippen LogP contribution in [0.2, 0.25) is 0 Å². The molecule has 0 saturated carbocycles. The highest BCUT2D eigenvalue weighted by Gasteiger charge is 2.90. The van der Waals surface area contributed by atoms with Gasteiger partial charge in [-0.2, -0.15) is 61.5 Å². The van der Waals surface area contributed by atoms with Gasteiger partial charge in [-0.3, -0.25) is 0 Å². The lowest BCUT2D eigenvalue weighted by Crippen LogP contribution is -2.71. The first-order valence-electron chi connectivity index (χ1n) is 6.60. The number of hydrogen-bond donors (Lipinski definition) is 0. The van der Waals surface area contributed by atoms with Gasteiger partial charge in [0, 0.05) is 18.9 Å². The molecule has 0 spiro atoms. The van der Waals surface area contributed by atoms with Crippen LogP contribution in [0, 0.1) is 0 Å². The van der Waals surface area contributed by atoms with E-state index in [1.165, 1.54) is 0 Å². The monoisotopic (exact) mass is 468 g/mol. The fourth-order valence-electron chi connectivity index (χ4n) is 1.65. The standard InChI is InChI=1S/C12H7F15O2/c1-2-5(28)29-12(26,27)10(21,22)9(19,20)8(17,18)6(13,11(23,24)25)3-4-7(14,15)16/h2H,1,3-4H2. The van der Waals surface area contributed by atoms with E-state index in [1.54, 1.807) is 0 Å². The van der Waals surface area contributed by atoms with E-state index >= 15 is 0 Å². The zero-order valence-electron chi connectivity index (χ0n) is 13.2. The Hall–Kier alpha value is -1.84. The fraction of sp³-hybridized carbons (Fsp3) is 0.750. The van der Waals surface area contributed by atoms with E-state index in [4.69, 9.17) is 0 Å². The van der Waals surface area contributed by atoms with E-state index in [2.05, 4.69) is 11.3 Å². The van der Waals surface area contributed by atoms with Gasteiger partial charge in [0.15, 0.2) is 0 Å². The van der Waals surface area contributed by atoms with E-state index in [1.807, 2.05) is 0 Å². The summed E-state index contributed by atoms with van der Waals surface area (Å²) in [6, 6.07) is 0. The quantitative estimate of drug-likeness (QED) is 0.255. The molecule has 2 nitrogen and oxygen atoms in total. The van der Waals surface area contributed by atoms with Gasteiger partial charge >= 0.3 is 42.2 Å². The number of hydrogen-bond acceptors (Lipinski definition) is 2. The second kappa shape index (κ2) is 7.45. The Kier molecular flexibility index (Phi) is 6.97. The maximum Gasteiger partial charge on any atom is 0.473 e. The molecule has 0 amide bonds. The van der Waals surface area contributed by atoms with Crippen molar-refractivity contribution in [3.63, 3.8) is 0 Å². The van der Waals surface area contributed by atoms with E-state index in [0.717, 1.165) is 0 Å². The number of carbonyl (C=O) groups is 1. The van der Waals surface area contributed by atoms with Crippen LogP contribution in [0.15, 0.2) is 12.7 Å². The molecule has 0 heterocycles. The number of rotatable bonds is 8. The second-order valence-electron chi connectivity index (χ2n) is 5.28. The molecule has 172 valence electrons. The first-order valence-corrected chi connectivity index (χ1v) is 6.60. The van der Waals surface area contributed by atoms with Crippen molar-refractivity contribution in [3.05, 3.63) is 12.7 Å². The lowest BCUT2D eigenvalue weighted by Gasteiger charge is -2.42. The molecule has 0 fully saturated rings. The summed E-state index contributed by atoms with van der Waals surface area (Å²) in [6.45, 7) is 2.35. The van der Waals surface area contributed by atoms with Gasteiger partial charge in [0.25, 0.3) is 5.67 Å². The molecular weight excluding hydrogens is 461 g/mol. The largest absolute Gasteiger partial charge is 0.473 e. The molecule has 0 aromatic rings. The van der Waals surface area contributed by atoms with E-state index in [0.29, 0.717) is 0 Å². The molecular formula is C12H7F15O2. The van der Waals surface area contributed by atoms with Gasteiger partial charge in [-0.15, -0.1) is 0 Å². The van der Waals surface area contributed by atoms with E-state index in [9.17, 15) is 70.7 Å². The maximum atomic E-state index is 13.8. The van der Waals surface area contributed by atoms with Crippen LogP contribution in [0.25, 0.3) is 0 Å². The average Bonchev–Trinajstić information content (AvgIpc) is 2.49. The zero-order chi connectivity index (χ0) is 23.9. The maximum absolute atomic E-state index is 13.8. The highest BCUT2D eigenvalue weighted by atomic mass is 19.4. The lowest BCUT2D eigenvalue weighted by atomic mass is 9.84. The molecule has 0 N–H and O–H groups in total. The third-order valence-electron chi connectivity index (χ3n) is 3.25. The molecule has 0 saturated heterocycles. The highest BCUT2D eigenvalue weighted by Crippen LogP contribution is 2.61. The normalized spacial score (nSPS) is 16.9. The highest BCUT2D eigenvalue weighted by molar-refractivity contribution is 5.81. The minimum Gasteiger partial charge on any atom is -0.393 e. The Labute approximate surface area is 150 Å². The first-order chi connectivity index (χ1) is 12.4. The SMILES string of the molecule is C=CC(=O)OC(F)(F)C(F)(F)C(F)(F)C(F)(F)C(F)(CCC(F)(F)F)C(F)(F)F. The molecule has 0 aliphatic heterocycles. The fourth-order valence-corrected chi connectivity index (χ4v) is 1.65. The van der Waals surface area contributed by atoms with Gasteiger partial charge in [-0.05, 0) is 0 Å². The van der Waals surface area contributed by atoms with Gasteiger partial charge in [-0.1, -0.05) is 6.58 Å². The summed E-state index contributed by atoms with van der Waals surface area (Å²) in [5.74, 6) is -26.3. The Morgan fingerprint density at radius 3 is 1.41 bits per heavy atom. The van der Waals surface area contributed by atoms with Crippen LogP contribution in [0.1, 0.15) is 12.8 Å². The zero-order valence-corrected chi connectivity index (χ0v) is 13.2. The minimum absolute atomic E-state index is 0.362. The van der Waals surface area contributed by atoms with Gasteiger partial charge in [0.05, 0.1) is 0 Å². The minimum atomic E-state index is -8.01. The number of ether oxygens (including phenoxy) is 1. The van der Waals surface area contributed by atoms with Crippen LogP contribution in [-0.4, -0.2) is 47.9 Å². The van der Waals surface area contributed by atoms with E-state index in [-0.39, 0.29) is 6.08 Å². The predicted molar refractivity (Wildman–Crippen MR) is 61.3 cm³/mol. The molecule has 29 heavy (non-hydrogen) atoms. The summed E-state index contributed by atoms with van der Waals surface area (Å²) in [5.41, 5.74) is -7.04. The van der Waals surface area contributed by atoms with Crippen molar-refractivity contribution in [2.45, 2.75) is 54.7 Å². The molecule has 0 aromatic heterocycles. The molecule has 1 unspecified atom stereocenters. The summed E-state index contributed by atoms with van der Waals surface area (Å²) < 4.78 is 197. The lowest BCUT2D eigenvalue weighted by molar-refractivity contribution is -0.444. The van der Waals surface area contributed by atoms with Crippen LogP contribution >= 0.6 is 0 Å². The first kappa shape index (κ1) is 27.2. The molecule has 0 aliphatic carbocycles. The molecule has 0 rings (SSSR count). The van der Waals surface area contributed by atoms with Crippen molar-refractivity contribution in [1.29, 1.82) is 0 Å². The smallest absolute Gasteiger partial charge is 0.393 e. The van der Waals surface area contributed by atoms with Crippen molar-refractivity contribution < 1.29 is 75.4 Å². The van der Waals surface area contributed by atoms with Crippen molar-refractivity contribution in [1.82, 2.24) is 0 Å². The third kappa shape index (κ3) is 4.67. The Morgan fingerprint density at radius 1 is 0.690 bits per heavy atom. The Bertz CT molecular complexity index is 618. The van der Waals surface area contributed by atoms with Crippen molar-refractivity contribution in [2.24, 2.45) is 0 Å². The van der Waals surface area contributed by atoms with Gasteiger partial charge in [-0.25, -0.2) is 9.18 Å². The molecule has 0 aromatic carbocycles. The Morgan fingerprint density at radius 2 is 1.10 bits per heavy atom. The summed E-state index contributed by atoms with van der Waals surface area (Å²) >= 11 is 0. The Balaban J connectivity index is 6.49. The molecule has 1 atom stereocenters. The van der Waals surface area contributed by atoms with Crippen molar-refractivity contribution >= 4 is 5.97 Å². The number of esters is 1. The van der Waals surface area contributed by atoms with Crippen molar-refractivity contribution in [2.75, 3.05) is 0 Å². The number of halogens is 15. The average molecular weight is 468 g/mol. The summed E-state index contributed by atoms with van der Waals surface area (Å²) in [7, 11) is 0. The van der Waals surface area contributed by atoms with Crippen LogP contribution < -0.4 is 0 Å².